The number of hydrogen-bond acceptors (Lipinski definition) is 3. The van der Waals surface area contributed by atoms with E-state index in [1.165, 1.54) is 22.3 Å². The van der Waals surface area contributed by atoms with Gasteiger partial charge in [0.25, 0.3) is 0 Å². The molecule has 0 aliphatic heterocycles. The fraction of sp³-hybridized carbons (Fsp3) is 0.308. The Morgan fingerprint density at radius 1 is 0.800 bits per heavy atom. The molecular weight excluding hydrogens is 391 g/mol. The van der Waals surface area contributed by atoms with Gasteiger partial charge in [0.2, 0.25) is 0 Å². The highest BCUT2D eigenvalue weighted by atomic mass is 31.2. The van der Waals surface area contributed by atoms with E-state index in [1.54, 1.807) is 0 Å². The van der Waals surface area contributed by atoms with Crippen LogP contribution in [0.5, 0.6) is 0 Å². The van der Waals surface area contributed by atoms with Gasteiger partial charge in [-0.2, -0.15) is 0 Å². The molecule has 0 aliphatic carbocycles. The summed E-state index contributed by atoms with van der Waals surface area (Å²) < 4.78 is 25.2. The molecule has 3 aromatic carbocycles. The molecule has 0 fully saturated rings. The summed E-state index contributed by atoms with van der Waals surface area (Å²) in [4.78, 5) is 0. The van der Waals surface area contributed by atoms with Gasteiger partial charge in [-0.1, -0.05) is 66.2 Å². The Morgan fingerprint density at radius 2 is 1.33 bits per heavy atom. The topological polar surface area (TPSA) is 35.5 Å². The van der Waals surface area contributed by atoms with Gasteiger partial charge in [0.15, 0.2) is 0 Å². The summed E-state index contributed by atoms with van der Waals surface area (Å²) in [5, 5.41) is 0.641. The first kappa shape index (κ1) is 22.5. The van der Waals surface area contributed by atoms with Crippen molar-refractivity contribution in [2.75, 3.05) is 13.2 Å². The summed E-state index contributed by atoms with van der Waals surface area (Å²) >= 11 is 0. The van der Waals surface area contributed by atoms with Crippen LogP contribution in [0.2, 0.25) is 0 Å². The summed E-state index contributed by atoms with van der Waals surface area (Å²) in [6.45, 7) is 10.8. The van der Waals surface area contributed by atoms with Gasteiger partial charge in [-0.15, -0.1) is 0 Å². The SMILES string of the molecule is CCOP(=O)(OCC)c1ccccc1C(c1ccccc1)c1c(C)cc(C)cc1C. The molecule has 0 saturated carbocycles. The zero-order valence-corrected chi connectivity index (χ0v) is 19.4. The summed E-state index contributed by atoms with van der Waals surface area (Å²) in [7, 11) is -3.44. The zero-order valence-electron chi connectivity index (χ0n) is 18.5. The average Bonchev–Trinajstić information content (AvgIpc) is 2.71. The van der Waals surface area contributed by atoms with Gasteiger partial charge in [0, 0.05) is 5.92 Å². The maximum Gasteiger partial charge on any atom is 0.361 e. The van der Waals surface area contributed by atoms with Crippen LogP contribution in [0.15, 0.2) is 66.7 Å². The summed E-state index contributed by atoms with van der Waals surface area (Å²) in [5.74, 6) is -0.0720. The Kier molecular flexibility index (Phi) is 7.31. The molecule has 158 valence electrons. The Balaban J connectivity index is 2.32. The number of hydrogen-bond donors (Lipinski definition) is 0. The molecular formula is C26H31O3P. The fourth-order valence-electron chi connectivity index (χ4n) is 4.29. The lowest BCUT2D eigenvalue weighted by Gasteiger charge is -2.28. The van der Waals surface area contributed by atoms with E-state index in [0.29, 0.717) is 18.5 Å². The fourth-order valence-corrected chi connectivity index (χ4v) is 6.11. The number of benzene rings is 3. The van der Waals surface area contributed by atoms with Gasteiger partial charge < -0.3 is 9.05 Å². The first-order chi connectivity index (χ1) is 14.4. The third-order valence-electron chi connectivity index (χ3n) is 5.30. The van der Waals surface area contributed by atoms with Crippen molar-refractivity contribution in [1.82, 2.24) is 0 Å². The van der Waals surface area contributed by atoms with Crippen LogP contribution in [0.25, 0.3) is 0 Å². The van der Waals surface area contributed by atoms with Crippen LogP contribution in [0.3, 0.4) is 0 Å². The van der Waals surface area contributed by atoms with Crippen LogP contribution in [0.1, 0.15) is 53.1 Å². The molecule has 3 rings (SSSR count). The smallest absolute Gasteiger partial charge is 0.305 e. The van der Waals surface area contributed by atoms with Crippen molar-refractivity contribution in [2.45, 2.75) is 40.5 Å². The van der Waals surface area contributed by atoms with Gasteiger partial charge >= 0.3 is 7.60 Å². The van der Waals surface area contributed by atoms with Gasteiger partial charge in [0.1, 0.15) is 0 Å². The Labute approximate surface area is 180 Å². The highest BCUT2D eigenvalue weighted by Gasteiger charge is 2.33. The van der Waals surface area contributed by atoms with E-state index in [9.17, 15) is 4.57 Å². The third-order valence-corrected chi connectivity index (χ3v) is 7.49. The molecule has 3 aromatic rings. The zero-order chi connectivity index (χ0) is 21.7. The minimum Gasteiger partial charge on any atom is -0.305 e. The average molecular weight is 423 g/mol. The van der Waals surface area contributed by atoms with E-state index in [0.717, 1.165) is 11.1 Å². The van der Waals surface area contributed by atoms with E-state index in [1.807, 2.05) is 38.1 Å². The van der Waals surface area contributed by atoms with E-state index in [4.69, 9.17) is 9.05 Å². The van der Waals surface area contributed by atoms with Crippen molar-refractivity contribution in [1.29, 1.82) is 0 Å². The van der Waals surface area contributed by atoms with E-state index in [2.05, 4.69) is 63.2 Å². The van der Waals surface area contributed by atoms with Crippen molar-refractivity contribution in [3.8, 4) is 0 Å². The van der Waals surface area contributed by atoms with Crippen LogP contribution in [-0.2, 0) is 13.6 Å². The maximum absolute atomic E-state index is 13.8. The Morgan fingerprint density at radius 3 is 1.90 bits per heavy atom. The van der Waals surface area contributed by atoms with E-state index < -0.39 is 7.60 Å². The molecule has 0 bridgehead atoms. The van der Waals surface area contributed by atoms with Gasteiger partial charge in [-0.05, 0) is 68.5 Å². The molecule has 0 radical (unpaired) electrons. The normalized spacial score (nSPS) is 12.7. The van der Waals surface area contributed by atoms with Crippen molar-refractivity contribution >= 4 is 12.9 Å². The lowest BCUT2D eigenvalue weighted by atomic mass is 9.80. The molecule has 4 heteroatoms. The quantitative estimate of drug-likeness (QED) is 0.300. The minimum atomic E-state index is -3.44. The van der Waals surface area contributed by atoms with E-state index in [-0.39, 0.29) is 5.92 Å². The second-order valence-electron chi connectivity index (χ2n) is 7.55. The highest BCUT2D eigenvalue weighted by Crippen LogP contribution is 2.50. The minimum absolute atomic E-state index is 0.0720. The van der Waals surface area contributed by atoms with Crippen LogP contribution in [0.4, 0.5) is 0 Å². The lowest BCUT2D eigenvalue weighted by Crippen LogP contribution is -2.20. The highest BCUT2D eigenvalue weighted by molar-refractivity contribution is 7.62. The lowest BCUT2D eigenvalue weighted by molar-refractivity contribution is 0.229. The molecule has 0 amide bonds. The molecule has 1 atom stereocenters. The van der Waals surface area contributed by atoms with Crippen LogP contribution >= 0.6 is 7.60 Å². The Bertz CT molecular complexity index is 1010. The molecule has 30 heavy (non-hydrogen) atoms. The summed E-state index contributed by atoms with van der Waals surface area (Å²) in [5.41, 5.74) is 7.03. The third kappa shape index (κ3) is 4.59. The predicted octanol–water partition coefficient (Wildman–Crippen LogP) is 6.68. The monoisotopic (exact) mass is 422 g/mol. The first-order valence-corrected chi connectivity index (χ1v) is 12.1. The molecule has 0 saturated heterocycles. The second-order valence-corrected chi connectivity index (χ2v) is 9.54. The van der Waals surface area contributed by atoms with Gasteiger partial charge in [-0.25, -0.2) is 0 Å². The maximum atomic E-state index is 13.8. The molecule has 0 aromatic heterocycles. The van der Waals surface area contributed by atoms with Crippen molar-refractivity contribution < 1.29 is 13.6 Å². The number of rotatable bonds is 8. The second kappa shape index (κ2) is 9.75. The first-order valence-electron chi connectivity index (χ1n) is 10.5. The summed E-state index contributed by atoms with van der Waals surface area (Å²) in [6, 6.07) is 22.6. The largest absolute Gasteiger partial charge is 0.361 e. The molecule has 0 aliphatic rings. The Hall–Kier alpha value is -2.19. The van der Waals surface area contributed by atoms with Crippen LogP contribution in [0, 0.1) is 20.8 Å². The predicted molar refractivity (Wildman–Crippen MR) is 125 cm³/mol. The van der Waals surface area contributed by atoms with Gasteiger partial charge in [-0.3, -0.25) is 4.57 Å². The summed E-state index contributed by atoms with van der Waals surface area (Å²) in [6.07, 6.45) is 0. The van der Waals surface area contributed by atoms with Crippen molar-refractivity contribution in [3.63, 3.8) is 0 Å². The molecule has 0 heterocycles. The standard InChI is InChI=1S/C26H31O3P/c1-6-28-30(27,29-7-2)24-16-12-11-15-23(24)26(22-13-9-8-10-14-22)25-20(4)17-19(3)18-21(25)5/h8-18,26H,6-7H2,1-5H3. The van der Waals surface area contributed by atoms with Crippen molar-refractivity contribution in [2.24, 2.45) is 0 Å². The molecule has 0 spiro atoms. The van der Waals surface area contributed by atoms with Crippen LogP contribution < -0.4 is 5.30 Å². The molecule has 3 nitrogen and oxygen atoms in total. The van der Waals surface area contributed by atoms with Gasteiger partial charge in [0.05, 0.1) is 18.5 Å². The van der Waals surface area contributed by atoms with E-state index >= 15 is 0 Å². The molecule has 0 N–H and O–H groups in total. The molecule has 1 unspecified atom stereocenters. The van der Waals surface area contributed by atoms with Crippen LogP contribution in [-0.4, -0.2) is 13.2 Å². The number of aryl methyl sites for hydroxylation is 3. The van der Waals surface area contributed by atoms with Crippen molar-refractivity contribution in [3.05, 3.63) is 100 Å².